The third-order valence-corrected chi connectivity index (χ3v) is 3.30. The molecule has 0 unspecified atom stereocenters. The number of hydrogen-bond acceptors (Lipinski definition) is 3. The van der Waals surface area contributed by atoms with Crippen molar-refractivity contribution in [3.8, 4) is 0 Å². The van der Waals surface area contributed by atoms with E-state index in [9.17, 15) is 4.79 Å². The molecule has 0 atom stereocenters. The summed E-state index contributed by atoms with van der Waals surface area (Å²) in [6.07, 6.45) is 3.49. The minimum atomic E-state index is -0.198. The summed E-state index contributed by atoms with van der Waals surface area (Å²) in [5.41, 5.74) is 1.94. The Hall–Kier alpha value is -2.37. The number of carbonyl (C=O) groups excluding carboxylic acids is 1. The van der Waals surface area contributed by atoms with Crippen LogP contribution >= 0.6 is 0 Å². The third kappa shape index (κ3) is 5.73. The lowest BCUT2D eigenvalue weighted by atomic mass is 10.2. The summed E-state index contributed by atoms with van der Waals surface area (Å²) in [5.74, 6) is 1.20. The first-order valence-corrected chi connectivity index (χ1v) is 8.04. The van der Waals surface area contributed by atoms with E-state index in [-0.39, 0.29) is 6.03 Å². The van der Waals surface area contributed by atoms with Gasteiger partial charge < -0.3 is 5.32 Å². The summed E-state index contributed by atoms with van der Waals surface area (Å²) in [7, 11) is 0. The fourth-order valence-electron chi connectivity index (χ4n) is 2.31. The van der Waals surface area contributed by atoms with Gasteiger partial charge in [-0.1, -0.05) is 19.9 Å². The molecule has 2 aromatic heterocycles. The van der Waals surface area contributed by atoms with Crippen molar-refractivity contribution in [3.05, 3.63) is 41.9 Å². The van der Waals surface area contributed by atoms with E-state index in [0.29, 0.717) is 12.5 Å². The fraction of sp³-hybridized carbons (Fsp3) is 0.471. The molecule has 0 fully saturated rings. The predicted octanol–water partition coefficient (Wildman–Crippen LogP) is 3.00. The molecule has 0 radical (unpaired) electrons. The predicted molar refractivity (Wildman–Crippen MR) is 91.4 cm³/mol. The van der Waals surface area contributed by atoms with Gasteiger partial charge in [-0.15, -0.1) is 0 Å². The van der Waals surface area contributed by atoms with E-state index in [0.717, 1.165) is 36.6 Å². The van der Waals surface area contributed by atoms with Gasteiger partial charge in [0.1, 0.15) is 5.82 Å². The average molecular weight is 315 g/mol. The lowest BCUT2D eigenvalue weighted by Crippen LogP contribution is -2.31. The monoisotopic (exact) mass is 315 g/mol. The highest BCUT2D eigenvalue weighted by molar-refractivity contribution is 5.88. The van der Waals surface area contributed by atoms with Crippen LogP contribution in [0.5, 0.6) is 0 Å². The Kier molecular flexibility index (Phi) is 6.14. The van der Waals surface area contributed by atoms with Crippen molar-refractivity contribution in [1.82, 2.24) is 20.1 Å². The molecular formula is C17H25N5O. The Morgan fingerprint density at radius 3 is 2.87 bits per heavy atom. The molecule has 0 aliphatic rings. The molecule has 6 heteroatoms. The van der Waals surface area contributed by atoms with Crippen LogP contribution < -0.4 is 10.6 Å². The van der Waals surface area contributed by atoms with Crippen LogP contribution in [0.2, 0.25) is 0 Å². The van der Waals surface area contributed by atoms with Crippen LogP contribution in [0.1, 0.15) is 31.7 Å². The van der Waals surface area contributed by atoms with Crippen LogP contribution in [0.3, 0.4) is 0 Å². The number of nitrogens with zero attached hydrogens (tertiary/aromatic N) is 3. The quantitative estimate of drug-likeness (QED) is 0.772. The second kappa shape index (κ2) is 8.31. The highest BCUT2D eigenvalue weighted by Gasteiger charge is 2.10. The smallest absolute Gasteiger partial charge is 0.320 e. The maximum absolute atomic E-state index is 12.0. The normalized spacial score (nSPS) is 10.8. The van der Waals surface area contributed by atoms with Gasteiger partial charge in [-0.3, -0.25) is 10.3 Å². The molecule has 0 saturated carbocycles. The summed E-state index contributed by atoms with van der Waals surface area (Å²) in [5, 5.41) is 10.1. The molecular weight excluding hydrogens is 290 g/mol. The van der Waals surface area contributed by atoms with Crippen molar-refractivity contribution < 1.29 is 4.79 Å². The van der Waals surface area contributed by atoms with Gasteiger partial charge in [0, 0.05) is 31.0 Å². The number of urea groups is 1. The number of rotatable bonds is 7. The van der Waals surface area contributed by atoms with E-state index in [1.165, 1.54) is 0 Å². The van der Waals surface area contributed by atoms with E-state index in [4.69, 9.17) is 0 Å². The molecule has 0 spiro atoms. The van der Waals surface area contributed by atoms with E-state index in [2.05, 4.69) is 34.6 Å². The minimum Gasteiger partial charge on any atom is -0.338 e. The SMILES string of the molecule is Cc1cc(NC(=O)NCCCc2ccccn2)n(CC(C)C)n1. The van der Waals surface area contributed by atoms with Gasteiger partial charge in [0.15, 0.2) is 0 Å². The number of aromatic nitrogens is 3. The number of hydrogen-bond donors (Lipinski definition) is 2. The zero-order valence-electron chi connectivity index (χ0n) is 14.0. The third-order valence-electron chi connectivity index (χ3n) is 3.30. The van der Waals surface area contributed by atoms with Crippen molar-refractivity contribution >= 4 is 11.8 Å². The number of nitrogens with one attached hydrogen (secondary N) is 2. The van der Waals surface area contributed by atoms with Crippen LogP contribution in [-0.2, 0) is 13.0 Å². The molecule has 2 amide bonds. The highest BCUT2D eigenvalue weighted by atomic mass is 16.2. The van der Waals surface area contributed by atoms with Crippen LogP contribution in [0.25, 0.3) is 0 Å². The molecule has 0 aromatic carbocycles. The molecule has 2 rings (SSSR count). The van der Waals surface area contributed by atoms with Gasteiger partial charge in [0.2, 0.25) is 0 Å². The van der Waals surface area contributed by atoms with E-state index in [1.54, 1.807) is 6.20 Å². The number of pyridine rings is 1. The first kappa shape index (κ1) is 17.0. The maximum atomic E-state index is 12.0. The van der Waals surface area contributed by atoms with Gasteiger partial charge >= 0.3 is 6.03 Å². The maximum Gasteiger partial charge on any atom is 0.320 e. The minimum absolute atomic E-state index is 0.198. The second-order valence-corrected chi connectivity index (χ2v) is 6.05. The van der Waals surface area contributed by atoms with Gasteiger partial charge in [-0.05, 0) is 37.8 Å². The Morgan fingerprint density at radius 1 is 1.35 bits per heavy atom. The van der Waals surface area contributed by atoms with Crippen molar-refractivity contribution in [1.29, 1.82) is 0 Å². The summed E-state index contributed by atoms with van der Waals surface area (Å²) in [4.78, 5) is 16.3. The molecule has 23 heavy (non-hydrogen) atoms. The molecule has 0 saturated heterocycles. The second-order valence-electron chi connectivity index (χ2n) is 6.05. The number of aryl methyl sites for hydroxylation is 2. The van der Waals surface area contributed by atoms with Crippen LogP contribution in [0, 0.1) is 12.8 Å². The van der Waals surface area contributed by atoms with Crippen LogP contribution in [0.4, 0.5) is 10.6 Å². The van der Waals surface area contributed by atoms with Crippen LogP contribution in [-0.4, -0.2) is 27.3 Å². The Morgan fingerprint density at radius 2 is 2.17 bits per heavy atom. The molecule has 6 nitrogen and oxygen atoms in total. The van der Waals surface area contributed by atoms with E-state index in [1.807, 2.05) is 35.9 Å². The molecule has 2 heterocycles. The molecule has 2 aromatic rings. The first-order chi connectivity index (χ1) is 11.0. The summed E-state index contributed by atoms with van der Waals surface area (Å²) in [6.45, 7) is 7.56. The van der Waals surface area contributed by atoms with Gasteiger partial charge in [-0.25, -0.2) is 9.48 Å². The molecule has 2 N–H and O–H groups in total. The number of carbonyl (C=O) groups is 1. The standard InChI is InChI=1S/C17H25N5O/c1-13(2)12-22-16(11-14(3)21-22)20-17(23)19-10-6-8-15-7-4-5-9-18-15/h4-5,7,9,11,13H,6,8,10,12H2,1-3H3,(H2,19,20,23). The average Bonchev–Trinajstić information content (AvgIpc) is 2.83. The van der Waals surface area contributed by atoms with Gasteiger partial charge in [0.05, 0.1) is 5.69 Å². The summed E-state index contributed by atoms with van der Waals surface area (Å²) >= 11 is 0. The van der Waals surface area contributed by atoms with E-state index < -0.39 is 0 Å². The number of anilines is 1. The topological polar surface area (TPSA) is 71.8 Å². The summed E-state index contributed by atoms with van der Waals surface area (Å²) < 4.78 is 1.84. The van der Waals surface area contributed by atoms with Gasteiger partial charge in [0.25, 0.3) is 0 Å². The highest BCUT2D eigenvalue weighted by Crippen LogP contribution is 2.12. The van der Waals surface area contributed by atoms with Crippen LogP contribution in [0.15, 0.2) is 30.5 Å². The first-order valence-electron chi connectivity index (χ1n) is 8.04. The number of amides is 2. The lowest BCUT2D eigenvalue weighted by molar-refractivity contribution is 0.251. The Bertz CT molecular complexity index is 621. The van der Waals surface area contributed by atoms with Crippen molar-refractivity contribution in [3.63, 3.8) is 0 Å². The lowest BCUT2D eigenvalue weighted by Gasteiger charge is -2.11. The molecule has 0 aliphatic heterocycles. The Balaban J connectivity index is 1.76. The van der Waals surface area contributed by atoms with Crippen molar-refractivity contribution in [2.45, 2.75) is 40.2 Å². The van der Waals surface area contributed by atoms with E-state index >= 15 is 0 Å². The van der Waals surface area contributed by atoms with Gasteiger partial charge in [-0.2, -0.15) is 5.10 Å². The Labute approximate surface area is 137 Å². The van der Waals surface area contributed by atoms with Crippen molar-refractivity contribution in [2.24, 2.45) is 5.92 Å². The summed E-state index contributed by atoms with van der Waals surface area (Å²) in [6, 6.07) is 7.55. The largest absolute Gasteiger partial charge is 0.338 e. The fourth-order valence-corrected chi connectivity index (χ4v) is 2.31. The van der Waals surface area contributed by atoms with Crippen molar-refractivity contribution in [2.75, 3.05) is 11.9 Å². The molecule has 0 aliphatic carbocycles. The molecule has 0 bridgehead atoms. The molecule has 124 valence electrons. The zero-order valence-corrected chi connectivity index (χ0v) is 14.0. The zero-order chi connectivity index (χ0) is 16.7.